The molecule has 0 atom stereocenters. The van der Waals surface area contributed by atoms with Crippen LogP contribution in [0, 0.1) is 5.82 Å². The number of hydrogen-bond donors (Lipinski definition) is 2. The Morgan fingerprint density at radius 3 is 2.66 bits per heavy atom. The topological polar surface area (TPSA) is 62.9 Å². The fourth-order valence-electron chi connectivity index (χ4n) is 4.52. The lowest BCUT2D eigenvalue weighted by Crippen LogP contribution is -2.16. The van der Waals surface area contributed by atoms with Crippen LogP contribution in [-0.2, 0) is 19.2 Å². The van der Waals surface area contributed by atoms with Gasteiger partial charge in [0.1, 0.15) is 11.3 Å². The van der Waals surface area contributed by atoms with Crippen molar-refractivity contribution >= 4 is 21.8 Å². The summed E-state index contributed by atoms with van der Waals surface area (Å²) in [5, 5.41) is 12.7. The molecule has 5 rings (SSSR count). The number of aliphatic hydroxyl groups is 1. The van der Waals surface area contributed by atoms with Crippen molar-refractivity contribution in [2.24, 2.45) is 7.05 Å². The van der Waals surface area contributed by atoms with E-state index in [9.17, 15) is 14.3 Å². The number of nitrogens with zero attached hydrogens (tertiary/aromatic N) is 2. The van der Waals surface area contributed by atoms with Crippen LogP contribution < -0.4 is 5.56 Å². The van der Waals surface area contributed by atoms with Gasteiger partial charge in [-0.15, -0.1) is 0 Å². The van der Waals surface area contributed by atoms with Gasteiger partial charge in [-0.2, -0.15) is 0 Å². The van der Waals surface area contributed by atoms with Gasteiger partial charge in [0, 0.05) is 54.0 Å². The summed E-state index contributed by atoms with van der Waals surface area (Å²) in [6.45, 7) is 4.04. The number of benzene rings is 2. The normalized spacial score (nSPS) is 12.2. The summed E-state index contributed by atoms with van der Waals surface area (Å²) in [6, 6.07) is 14.5. The Hall–Kier alpha value is -3.64. The highest BCUT2D eigenvalue weighted by atomic mass is 19.1. The molecule has 0 radical (unpaired) electrons. The van der Waals surface area contributed by atoms with Gasteiger partial charge in [-0.1, -0.05) is 12.1 Å². The molecule has 162 valence electrons. The number of halogens is 1. The molecular formula is C26H24FN3O2. The summed E-state index contributed by atoms with van der Waals surface area (Å²) in [7, 11) is 1.85. The Morgan fingerprint density at radius 1 is 1.09 bits per heavy atom. The van der Waals surface area contributed by atoms with Crippen LogP contribution in [0.1, 0.15) is 25.0 Å². The third-order valence-electron chi connectivity index (χ3n) is 6.00. The van der Waals surface area contributed by atoms with E-state index in [1.807, 2.05) is 48.3 Å². The van der Waals surface area contributed by atoms with Crippen LogP contribution in [0.5, 0.6) is 0 Å². The van der Waals surface area contributed by atoms with E-state index in [-0.39, 0.29) is 11.4 Å². The lowest BCUT2D eigenvalue weighted by molar-refractivity contribution is 0.0802. The third-order valence-corrected chi connectivity index (χ3v) is 6.00. The number of aromatic nitrogens is 3. The zero-order chi connectivity index (χ0) is 22.6. The maximum atomic E-state index is 13.7. The summed E-state index contributed by atoms with van der Waals surface area (Å²) < 4.78 is 17.6. The molecular weight excluding hydrogens is 405 g/mol. The minimum atomic E-state index is -1.07. The molecule has 2 N–H and O–H groups in total. The molecule has 0 saturated heterocycles. The monoisotopic (exact) mass is 429 g/mol. The standard InChI is InChI=1S/C26H24FN3O2/c1-26(2,32)22-12-17(21-15-29(3)24-19(21)7-9-28-25(24)31)13-23-20(22)8-10-30(23)14-16-5-4-6-18(27)11-16/h4-13,15,32H,14H2,1-3H3,(H,28,31). The molecule has 6 heteroatoms. The molecule has 32 heavy (non-hydrogen) atoms. The third kappa shape index (κ3) is 3.33. The van der Waals surface area contributed by atoms with Crippen molar-refractivity contribution in [3.8, 4) is 11.1 Å². The number of aromatic amines is 1. The van der Waals surface area contributed by atoms with Crippen molar-refractivity contribution in [2.75, 3.05) is 0 Å². The lowest BCUT2D eigenvalue weighted by Gasteiger charge is -2.21. The molecule has 0 spiro atoms. The number of fused-ring (bicyclic) bond motifs is 2. The molecule has 0 aliphatic carbocycles. The van der Waals surface area contributed by atoms with Gasteiger partial charge >= 0.3 is 0 Å². The predicted octanol–water partition coefficient (Wildman–Crippen LogP) is 4.90. The first-order chi connectivity index (χ1) is 15.2. The van der Waals surface area contributed by atoms with Crippen LogP contribution in [0.4, 0.5) is 4.39 Å². The second kappa shape index (κ2) is 7.21. The summed E-state index contributed by atoms with van der Waals surface area (Å²) in [6.07, 6.45) is 5.55. The summed E-state index contributed by atoms with van der Waals surface area (Å²) in [5.74, 6) is -0.266. The molecule has 0 unspecified atom stereocenters. The molecule has 0 bridgehead atoms. The van der Waals surface area contributed by atoms with E-state index >= 15 is 0 Å². The SMILES string of the molecule is Cn1cc(-c2cc(C(C)(C)O)c3ccn(Cc4cccc(F)c4)c3c2)c2cc[nH]c(=O)c21. The Balaban J connectivity index is 1.76. The number of hydrogen-bond acceptors (Lipinski definition) is 2. The van der Waals surface area contributed by atoms with E-state index in [2.05, 4.69) is 15.6 Å². The van der Waals surface area contributed by atoms with Crippen LogP contribution >= 0.6 is 0 Å². The van der Waals surface area contributed by atoms with Crippen molar-refractivity contribution in [2.45, 2.75) is 26.0 Å². The molecule has 5 aromatic rings. The first kappa shape index (κ1) is 20.3. The van der Waals surface area contributed by atoms with Crippen molar-refractivity contribution < 1.29 is 9.50 Å². The van der Waals surface area contributed by atoms with Gasteiger partial charge in [0.25, 0.3) is 5.56 Å². The van der Waals surface area contributed by atoms with Crippen molar-refractivity contribution in [3.05, 3.63) is 94.4 Å². The maximum absolute atomic E-state index is 13.7. The molecule has 3 heterocycles. The summed E-state index contributed by atoms with van der Waals surface area (Å²) >= 11 is 0. The first-order valence-corrected chi connectivity index (χ1v) is 10.5. The highest BCUT2D eigenvalue weighted by Gasteiger charge is 2.23. The van der Waals surface area contributed by atoms with Crippen molar-refractivity contribution in [1.82, 2.24) is 14.1 Å². The highest BCUT2D eigenvalue weighted by molar-refractivity contribution is 5.99. The van der Waals surface area contributed by atoms with Gasteiger partial charge < -0.3 is 19.2 Å². The Labute approximate surface area is 184 Å². The van der Waals surface area contributed by atoms with Gasteiger partial charge in [0.15, 0.2) is 0 Å². The quantitative estimate of drug-likeness (QED) is 0.427. The Kier molecular flexibility index (Phi) is 4.57. The second-order valence-electron chi connectivity index (χ2n) is 8.81. The van der Waals surface area contributed by atoms with Crippen molar-refractivity contribution in [1.29, 1.82) is 0 Å². The number of pyridine rings is 1. The van der Waals surface area contributed by atoms with E-state index in [0.29, 0.717) is 12.1 Å². The number of nitrogens with one attached hydrogen (secondary N) is 1. The Bertz CT molecular complexity index is 1530. The van der Waals surface area contributed by atoms with E-state index in [4.69, 9.17) is 0 Å². The molecule has 2 aromatic carbocycles. The van der Waals surface area contributed by atoms with Crippen LogP contribution in [0.15, 0.2) is 71.9 Å². The van der Waals surface area contributed by atoms with Crippen LogP contribution in [-0.4, -0.2) is 19.2 Å². The molecule has 0 saturated carbocycles. The molecule has 0 amide bonds. The number of rotatable bonds is 4. The summed E-state index contributed by atoms with van der Waals surface area (Å²) in [5.41, 5.74) is 3.80. The van der Waals surface area contributed by atoms with Crippen LogP contribution in [0.25, 0.3) is 32.9 Å². The molecule has 0 aliphatic heterocycles. The molecule has 5 nitrogen and oxygen atoms in total. The van der Waals surface area contributed by atoms with E-state index < -0.39 is 5.60 Å². The van der Waals surface area contributed by atoms with Gasteiger partial charge in [-0.05, 0) is 66.9 Å². The summed E-state index contributed by atoms with van der Waals surface area (Å²) in [4.78, 5) is 15.1. The molecule has 0 fully saturated rings. The van der Waals surface area contributed by atoms with Crippen LogP contribution in [0.2, 0.25) is 0 Å². The second-order valence-corrected chi connectivity index (χ2v) is 8.81. The first-order valence-electron chi connectivity index (χ1n) is 10.5. The molecule has 3 aromatic heterocycles. The van der Waals surface area contributed by atoms with Crippen molar-refractivity contribution in [3.63, 3.8) is 0 Å². The van der Waals surface area contributed by atoms with Crippen LogP contribution in [0.3, 0.4) is 0 Å². The average molecular weight is 429 g/mol. The maximum Gasteiger partial charge on any atom is 0.272 e. The van der Waals surface area contributed by atoms with Gasteiger partial charge in [0.2, 0.25) is 0 Å². The van der Waals surface area contributed by atoms with Gasteiger partial charge in [-0.25, -0.2) is 4.39 Å². The minimum Gasteiger partial charge on any atom is -0.386 e. The number of H-pyrrole nitrogens is 1. The average Bonchev–Trinajstić information content (AvgIpc) is 3.28. The largest absolute Gasteiger partial charge is 0.386 e. The van der Waals surface area contributed by atoms with Gasteiger partial charge in [-0.3, -0.25) is 4.79 Å². The fraction of sp³-hybridized carbons (Fsp3) is 0.192. The zero-order valence-electron chi connectivity index (χ0n) is 18.2. The Morgan fingerprint density at radius 2 is 1.91 bits per heavy atom. The predicted molar refractivity (Wildman–Crippen MR) is 125 cm³/mol. The molecule has 0 aliphatic rings. The van der Waals surface area contributed by atoms with E-state index in [0.717, 1.165) is 38.5 Å². The minimum absolute atomic E-state index is 0.144. The van der Waals surface area contributed by atoms with E-state index in [1.165, 1.54) is 12.1 Å². The fourth-order valence-corrected chi connectivity index (χ4v) is 4.52. The number of aryl methyl sites for hydroxylation is 1. The van der Waals surface area contributed by atoms with Gasteiger partial charge in [0.05, 0.1) is 5.60 Å². The zero-order valence-corrected chi connectivity index (χ0v) is 18.2. The highest BCUT2D eigenvalue weighted by Crippen LogP contribution is 2.37. The lowest BCUT2D eigenvalue weighted by atomic mass is 9.91. The smallest absolute Gasteiger partial charge is 0.272 e. The van der Waals surface area contributed by atoms with E-state index in [1.54, 1.807) is 26.1 Å².